The Balaban J connectivity index is 1.72. The van der Waals surface area contributed by atoms with Crippen LogP contribution in [0.4, 0.5) is 22.4 Å². The smallest absolute Gasteiger partial charge is 0.419 e. The van der Waals surface area contributed by atoms with E-state index in [2.05, 4.69) is 29.0 Å². The third kappa shape index (κ3) is 8.85. The van der Waals surface area contributed by atoms with Crippen LogP contribution in [0.1, 0.15) is 90.1 Å². The number of hydrogen-bond donors (Lipinski definition) is 1. The second-order valence-electron chi connectivity index (χ2n) is 10.9. The summed E-state index contributed by atoms with van der Waals surface area (Å²) in [4.78, 5) is 17.9. The van der Waals surface area contributed by atoms with Crippen molar-refractivity contribution in [2.75, 3.05) is 13.2 Å². The quantitative estimate of drug-likeness (QED) is 0.208. The summed E-state index contributed by atoms with van der Waals surface area (Å²) in [5.74, 6) is -0.291. The molecule has 8 nitrogen and oxygen atoms in total. The number of carbonyl (C=O) groups is 1. The van der Waals surface area contributed by atoms with Gasteiger partial charge in [-0.2, -0.15) is 18.2 Å². The van der Waals surface area contributed by atoms with Gasteiger partial charge in [0.25, 0.3) is 0 Å². The SMILES string of the molecule is C=C(NC(=O)OC(C)(C)C)N1C[C@H](F)C[C@H]1c1nc(-c2ccc(OCCCCCCCC)c(C(F)(F)F)c2)no1. The maximum absolute atomic E-state index is 14.4. The minimum atomic E-state index is -4.66. The maximum Gasteiger partial charge on any atom is 0.419 e. The van der Waals surface area contributed by atoms with E-state index in [0.29, 0.717) is 6.42 Å². The number of alkyl carbamates (subject to hydrolysis) is 1. The lowest BCUT2D eigenvalue weighted by Crippen LogP contribution is -2.38. The van der Waals surface area contributed by atoms with Gasteiger partial charge in [-0.1, -0.05) is 50.8 Å². The number of likely N-dealkylation sites (tertiary alicyclic amines) is 1. The largest absolute Gasteiger partial charge is 0.493 e. The van der Waals surface area contributed by atoms with Crippen molar-refractivity contribution >= 4 is 6.09 Å². The number of rotatable bonds is 12. The number of halogens is 4. The Morgan fingerprint density at radius 2 is 1.88 bits per heavy atom. The molecular weight excluding hydrogens is 532 g/mol. The normalized spacial score (nSPS) is 17.6. The van der Waals surface area contributed by atoms with Crippen LogP contribution < -0.4 is 10.1 Å². The Bertz CT molecular complexity index is 1150. The minimum absolute atomic E-state index is 0.0146. The zero-order chi connectivity index (χ0) is 29.5. The minimum Gasteiger partial charge on any atom is -0.493 e. The molecule has 0 aliphatic carbocycles. The predicted molar refractivity (Wildman–Crippen MR) is 141 cm³/mol. The van der Waals surface area contributed by atoms with Gasteiger partial charge in [-0.25, -0.2) is 9.18 Å². The number of carbonyl (C=O) groups excluding carboxylic acids is 1. The van der Waals surface area contributed by atoms with E-state index in [0.717, 1.165) is 38.2 Å². The van der Waals surface area contributed by atoms with Crippen LogP contribution in [-0.4, -0.2) is 46.1 Å². The molecule has 0 spiro atoms. The highest BCUT2D eigenvalue weighted by molar-refractivity contribution is 5.69. The van der Waals surface area contributed by atoms with Gasteiger partial charge < -0.3 is 18.9 Å². The topological polar surface area (TPSA) is 89.7 Å². The molecule has 2 heterocycles. The Kier molecular flexibility index (Phi) is 10.4. The van der Waals surface area contributed by atoms with Crippen molar-refractivity contribution in [3.05, 3.63) is 42.1 Å². The number of amides is 1. The zero-order valence-electron chi connectivity index (χ0n) is 23.4. The molecule has 40 heavy (non-hydrogen) atoms. The summed E-state index contributed by atoms with van der Waals surface area (Å²) >= 11 is 0. The molecule has 0 bridgehead atoms. The van der Waals surface area contributed by atoms with Crippen LogP contribution in [0.5, 0.6) is 5.75 Å². The molecule has 1 amide bonds. The Labute approximate surface area is 232 Å². The number of benzene rings is 1. The lowest BCUT2D eigenvalue weighted by atomic mass is 10.1. The molecule has 3 rings (SSSR count). The second-order valence-corrected chi connectivity index (χ2v) is 10.9. The maximum atomic E-state index is 14.4. The summed E-state index contributed by atoms with van der Waals surface area (Å²) < 4.78 is 72.0. The van der Waals surface area contributed by atoms with Gasteiger partial charge in [0.2, 0.25) is 11.7 Å². The average Bonchev–Trinajstić information content (AvgIpc) is 3.48. The van der Waals surface area contributed by atoms with Crippen LogP contribution in [0.25, 0.3) is 11.4 Å². The van der Waals surface area contributed by atoms with E-state index in [-0.39, 0.29) is 48.4 Å². The van der Waals surface area contributed by atoms with Crippen molar-refractivity contribution in [2.24, 2.45) is 0 Å². The van der Waals surface area contributed by atoms with E-state index in [9.17, 15) is 22.4 Å². The summed E-state index contributed by atoms with van der Waals surface area (Å²) in [6, 6.07) is 2.81. The molecule has 1 fully saturated rings. The monoisotopic (exact) mass is 570 g/mol. The Hall–Kier alpha value is -3.31. The van der Waals surface area contributed by atoms with Crippen molar-refractivity contribution < 1.29 is 36.4 Å². The van der Waals surface area contributed by atoms with Crippen molar-refractivity contribution in [3.63, 3.8) is 0 Å². The first kappa shape index (κ1) is 31.2. The average molecular weight is 571 g/mol. The predicted octanol–water partition coefficient (Wildman–Crippen LogP) is 7.58. The van der Waals surface area contributed by atoms with Crippen LogP contribution in [0.2, 0.25) is 0 Å². The molecule has 1 aromatic heterocycles. The highest BCUT2D eigenvalue weighted by Crippen LogP contribution is 2.40. The highest BCUT2D eigenvalue weighted by Gasteiger charge is 2.39. The molecule has 222 valence electrons. The van der Waals surface area contributed by atoms with Crippen molar-refractivity contribution in [2.45, 2.75) is 96.6 Å². The van der Waals surface area contributed by atoms with E-state index >= 15 is 0 Å². The van der Waals surface area contributed by atoms with Crippen molar-refractivity contribution in [3.8, 4) is 17.1 Å². The zero-order valence-corrected chi connectivity index (χ0v) is 23.4. The highest BCUT2D eigenvalue weighted by atomic mass is 19.4. The fourth-order valence-corrected chi connectivity index (χ4v) is 4.38. The van der Waals surface area contributed by atoms with E-state index < -0.39 is 35.6 Å². The number of hydrogen-bond acceptors (Lipinski definition) is 7. The summed E-state index contributed by atoms with van der Waals surface area (Å²) in [6.45, 7) is 11.1. The number of alkyl halides is 4. The molecule has 1 aromatic carbocycles. The second kappa shape index (κ2) is 13.4. The van der Waals surface area contributed by atoms with Crippen LogP contribution in [0.3, 0.4) is 0 Å². The van der Waals surface area contributed by atoms with Gasteiger partial charge >= 0.3 is 12.3 Å². The third-order valence-corrected chi connectivity index (χ3v) is 6.27. The lowest BCUT2D eigenvalue weighted by Gasteiger charge is -2.27. The molecule has 2 atom stereocenters. The standard InChI is InChI=1S/C28H38F4N4O4/c1-6-7-8-9-10-11-14-38-23-13-12-19(15-21(23)28(30,31)32)24-34-25(40-35-24)22-16-20(29)17-36(22)18(2)33-26(37)39-27(3,4)5/h12-13,15,20,22H,2,6-11,14,16-17H2,1,3-5H3,(H,33,37)/t20-,22+/m1/s1. The van der Waals surface area contributed by atoms with E-state index in [1.54, 1.807) is 20.8 Å². The summed E-state index contributed by atoms with van der Waals surface area (Å²) in [5.41, 5.74) is -1.62. The Morgan fingerprint density at radius 3 is 2.55 bits per heavy atom. The fourth-order valence-electron chi connectivity index (χ4n) is 4.38. The number of unbranched alkanes of at least 4 members (excludes halogenated alkanes) is 5. The van der Waals surface area contributed by atoms with Crippen LogP contribution >= 0.6 is 0 Å². The Morgan fingerprint density at radius 1 is 1.18 bits per heavy atom. The first-order valence-corrected chi connectivity index (χ1v) is 13.6. The molecule has 1 aliphatic rings. The number of ether oxygens (including phenoxy) is 2. The van der Waals surface area contributed by atoms with Gasteiger partial charge in [0.05, 0.1) is 18.7 Å². The van der Waals surface area contributed by atoms with Gasteiger partial charge in [0.15, 0.2) is 0 Å². The number of nitrogens with zero attached hydrogens (tertiary/aromatic N) is 3. The third-order valence-electron chi connectivity index (χ3n) is 6.27. The number of nitrogens with one attached hydrogen (secondary N) is 1. The van der Waals surface area contributed by atoms with Crippen LogP contribution in [-0.2, 0) is 10.9 Å². The van der Waals surface area contributed by atoms with E-state index in [1.807, 2.05) is 0 Å². The number of aromatic nitrogens is 2. The first-order valence-electron chi connectivity index (χ1n) is 13.6. The van der Waals surface area contributed by atoms with Crippen molar-refractivity contribution in [1.29, 1.82) is 0 Å². The summed E-state index contributed by atoms with van der Waals surface area (Å²) in [5, 5.41) is 6.31. The molecule has 2 aromatic rings. The van der Waals surface area contributed by atoms with Gasteiger partial charge in [0, 0.05) is 12.0 Å². The summed E-state index contributed by atoms with van der Waals surface area (Å²) in [7, 11) is 0. The lowest BCUT2D eigenvalue weighted by molar-refractivity contribution is -0.138. The van der Waals surface area contributed by atoms with Crippen LogP contribution in [0, 0.1) is 0 Å². The molecule has 12 heteroatoms. The molecule has 1 aliphatic heterocycles. The van der Waals surface area contributed by atoms with Crippen LogP contribution in [0.15, 0.2) is 35.1 Å². The van der Waals surface area contributed by atoms with Gasteiger partial charge in [0.1, 0.15) is 29.4 Å². The first-order chi connectivity index (χ1) is 18.8. The van der Waals surface area contributed by atoms with E-state index in [4.69, 9.17) is 14.0 Å². The summed E-state index contributed by atoms with van der Waals surface area (Å²) in [6.07, 6.45) is -0.789. The molecule has 0 radical (unpaired) electrons. The molecule has 1 saturated heterocycles. The molecule has 1 N–H and O–H groups in total. The van der Waals surface area contributed by atoms with E-state index in [1.165, 1.54) is 17.0 Å². The molecule has 0 unspecified atom stereocenters. The fraction of sp³-hybridized carbons (Fsp3) is 0.607. The van der Waals surface area contributed by atoms with Gasteiger partial charge in [-0.05, 0) is 45.4 Å². The van der Waals surface area contributed by atoms with Gasteiger partial charge in [-0.15, -0.1) is 0 Å². The molecular formula is C28H38F4N4O4. The molecule has 0 saturated carbocycles. The van der Waals surface area contributed by atoms with Crippen molar-refractivity contribution in [1.82, 2.24) is 20.4 Å². The van der Waals surface area contributed by atoms with Gasteiger partial charge in [-0.3, -0.25) is 5.32 Å².